The minimum atomic E-state index is -0.838. The van der Waals surface area contributed by atoms with Gasteiger partial charge in [-0.15, -0.1) is 0 Å². The number of aromatic nitrogens is 1. The zero-order valence-corrected chi connectivity index (χ0v) is 12.1. The van der Waals surface area contributed by atoms with Crippen molar-refractivity contribution in [3.8, 4) is 0 Å². The third kappa shape index (κ3) is 2.14. The normalized spacial score (nSPS) is 11.2. The Balaban J connectivity index is 2.89. The Morgan fingerprint density at radius 2 is 1.95 bits per heavy atom. The second-order valence-electron chi connectivity index (χ2n) is 5.06. The van der Waals surface area contributed by atoms with Crippen molar-refractivity contribution in [1.82, 2.24) is 4.57 Å². The molecule has 0 amide bonds. The van der Waals surface area contributed by atoms with Gasteiger partial charge in [-0.1, -0.05) is 13.8 Å². The summed E-state index contributed by atoms with van der Waals surface area (Å²) in [6, 6.07) is 3.95. The van der Waals surface area contributed by atoms with Crippen LogP contribution in [0.5, 0.6) is 0 Å². The van der Waals surface area contributed by atoms with Crippen LogP contribution in [0.15, 0.2) is 12.1 Å². The van der Waals surface area contributed by atoms with E-state index in [-0.39, 0.29) is 0 Å². The molecule has 0 aliphatic heterocycles. The number of rotatable bonds is 4. The molecule has 0 aliphatic rings. The fraction of sp³-hybridized carbons (Fsp3) is 0.438. The molecule has 2 aromatic rings. The quantitative estimate of drug-likeness (QED) is 0.904. The summed E-state index contributed by atoms with van der Waals surface area (Å²) in [5.74, 6) is -0.838. The first-order chi connectivity index (χ1) is 9.01. The number of hydrogen-bond donors (Lipinski definition) is 1. The number of carbonyl (C=O) groups is 1. The van der Waals surface area contributed by atoms with Crippen molar-refractivity contribution in [2.75, 3.05) is 0 Å². The van der Waals surface area contributed by atoms with E-state index in [9.17, 15) is 9.90 Å². The number of carboxylic acids is 1. The van der Waals surface area contributed by atoms with Crippen LogP contribution in [0.2, 0.25) is 0 Å². The van der Waals surface area contributed by atoms with E-state index in [1.165, 1.54) is 11.3 Å². The third-order valence-electron chi connectivity index (χ3n) is 3.88. The second-order valence-corrected chi connectivity index (χ2v) is 5.06. The highest BCUT2D eigenvalue weighted by atomic mass is 16.4. The molecular weight excluding hydrogens is 238 g/mol. The van der Waals surface area contributed by atoms with Crippen LogP contribution in [0.3, 0.4) is 0 Å². The van der Waals surface area contributed by atoms with Crippen LogP contribution < -0.4 is 0 Å². The first-order valence-electron chi connectivity index (χ1n) is 6.86. The Morgan fingerprint density at radius 3 is 2.47 bits per heavy atom. The van der Waals surface area contributed by atoms with Gasteiger partial charge < -0.3 is 9.67 Å². The monoisotopic (exact) mass is 259 g/mol. The lowest BCUT2D eigenvalue weighted by atomic mass is 10.0. The maximum Gasteiger partial charge on any atom is 0.337 e. The minimum absolute atomic E-state index is 0.430. The number of carboxylic acid groups (broad SMARTS) is 1. The average molecular weight is 259 g/mol. The molecule has 0 spiro atoms. The molecule has 3 heteroatoms. The molecule has 0 atom stereocenters. The number of hydrogen-bond acceptors (Lipinski definition) is 1. The first-order valence-corrected chi connectivity index (χ1v) is 6.86. The van der Waals surface area contributed by atoms with Crippen molar-refractivity contribution in [2.45, 2.75) is 47.1 Å². The topological polar surface area (TPSA) is 42.2 Å². The summed E-state index contributed by atoms with van der Waals surface area (Å²) in [6.07, 6.45) is 1.85. The molecule has 0 aliphatic carbocycles. The Bertz CT molecular complexity index is 638. The number of aryl methyl sites for hydroxylation is 3. The molecule has 19 heavy (non-hydrogen) atoms. The van der Waals surface area contributed by atoms with Crippen LogP contribution in [0.25, 0.3) is 10.9 Å². The summed E-state index contributed by atoms with van der Waals surface area (Å²) < 4.78 is 2.15. The fourth-order valence-corrected chi connectivity index (χ4v) is 2.71. The van der Waals surface area contributed by atoms with E-state index >= 15 is 0 Å². The van der Waals surface area contributed by atoms with Crippen molar-refractivity contribution in [3.63, 3.8) is 0 Å². The fourth-order valence-electron chi connectivity index (χ4n) is 2.71. The van der Waals surface area contributed by atoms with E-state index in [0.717, 1.165) is 35.9 Å². The first kappa shape index (κ1) is 13.7. The minimum Gasteiger partial charge on any atom is -0.478 e. The molecule has 1 aromatic carbocycles. The molecule has 0 fully saturated rings. The molecule has 0 saturated heterocycles. The maximum atomic E-state index is 11.5. The predicted octanol–water partition coefficient (Wildman–Crippen LogP) is 3.93. The van der Waals surface area contributed by atoms with Gasteiger partial charge in [0.15, 0.2) is 0 Å². The van der Waals surface area contributed by atoms with E-state index in [4.69, 9.17) is 0 Å². The van der Waals surface area contributed by atoms with Crippen LogP contribution in [-0.4, -0.2) is 15.6 Å². The molecule has 0 bridgehead atoms. The van der Waals surface area contributed by atoms with E-state index in [1.807, 2.05) is 6.07 Å². The Kier molecular flexibility index (Phi) is 3.65. The van der Waals surface area contributed by atoms with Crippen molar-refractivity contribution in [3.05, 3.63) is 34.5 Å². The lowest BCUT2D eigenvalue weighted by molar-refractivity contribution is 0.0698. The average Bonchev–Trinajstić information content (AvgIpc) is 2.63. The van der Waals surface area contributed by atoms with Gasteiger partial charge in [0.25, 0.3) is 0 Å². The molecular formula is C16H21NO2. The van der Waals surface area contributed by atoms with E-state index in [1.54, 1.807) is 0 Å². The molecule has 0 saturated carbocycles. The zero-order valence-electron chi connectivity index (χ0n) is 12.1. The van der Waals surface area contributed by atoms with Gasteiger partial charge in [0.05, 0.1) is 11.1 Å². The Morgan fingerprint density at radius 1 is 1.26 bits per heavy atom. The van der Waals surface area contributed by atoms with Crippen LogP contribution in [0, 0.1) is 13.8 Å². The van der Waals surface area contributed by atoms with Gasteiger partial charge in [-0.3, -0.25) is 0 Å². The Labute approximate surface area is 113 Å². The maximum absolute atomic E-state index is 11.5. The molecule has 1 N–H and O–H groups in total. The molecule has 0 unspecified atom stereocenters. The van der Waals surface area contributed by atoms with Crippen molar-refractivity contribution >= 4 is 16.9 Å². The van der Waals surface area contributed by atoms with Crippen LogP contribution in [-0.2, 0) is 13.0 Å². The van der Waals surface area contributed by atoms with E-state index in [2.05, 4.69) is 38.3 Å². The molecule has 1 aromatic heterocycles. The van der Waals surface area contributed by atoms with Crippen molar-refractivity contribution in [2.24, 2.45) is 0 Å². The standard InChI is InChI=1S/C16H21NO2/c1-5-7-17-11(4)10(3)13-8-12(6-2)9-14(15(13)17)16(18)19/h8-9H,5-7H2,1-4H3,(H,18,19). The molecule has 1 heterocycles. The number of nitrogens with zero attached hydrogens (tertiary/aromatic N) is 1. The summed E-state index contributed by atoms with van der Waals surface area (Å²) in [5.41, 5.74) is 4.76. The van der Waals surface area contributed by atoms with Gasteiger partial charge in [-0.2, -0.15) is 0 Å². The van der Waals surface area contributed by atoms with Crippen LogP contribution in [0.1, 0.15) is 47.4 Å². The van der Waals surface area contributed by atoms with Gasteiger partial charge in [-0.05, 0) is 49.9 Å². The van der Waals surface area contributed by atoms with Crippen molar-refractivity contribution in [1.29, 1.82) is 0 Å². The SMILES string of the molecule is CCCn1c(C)c(C)c2cc(CC)cc(C(=O)O)c21. The summed E-state index contributed by atoms with van der Waals surface area (Å²) >= 11 is 0. The summed E-state index contributed by atoms with van der Waals surface area (Å²) in [5, 5.41) is 10.6. The molecule has 102 valence electrons. The van der Waals surface area contributed by atoms with Gasteiger partial charge in [0.1, 0.15) is 0 Å². The van der Waals surface area contributed by atoms with E-state index < -0.39 is 5.97 Å². The summed E-state index contributed by atoms with van der Waals surface area (Å²) in [7, 11) is 0. The summed E-state index contributed by atoms with van der Waals surface area (Å²) in [4.78, 5) is 11.5. The van der Waals surface area contributed by atoms with Crippen LogP contribution >= 0.6 is 0 Å². The number of aromatic carboxylic acids is 1. The number of benzene rings is 1. The molecule has 3 nitrogen and oxygen atoms in total. The van der Waals surface area contributed by atoms with Crippen molar-refractivity contribution < 1.29 is 9.90 Å². The third-order valence-corrected chi connectivity index (χ3v) is 3.88. The zero-order chi connectivity index (χ0) is 14.2. The highest BCUT2D eigenvalue weighted by Crippen LogP contribution is 2.30. The van der Waals surface area contributed by atoms with E-state index in [0.29, 0.717) is 5.56 Å². The lowest BCUT2D eigenvalue weighted by Crippen LogP contribution is -2.05. The second kappa shape index (κ2) is 5.08. The van der Waals surface area contributed by atoms with Gasteiger partial charge in [-0.25, -0.2) is 4.79 Å². The largest absolute Gasteiger partial charge is 0.478 e. The van der Waals surface area contributed by atoms with Gasteiger partial charge in [0.2, 0.25) is 0 Å². The molecule has 0 radical (unpaired) electrons. The summed E-state index contributed by atoms with van der Waals surface area (Å²) in [6.45, 7) is 9.18. The molecule has 2 rings (SSSR count). The number of fused-ring (bicyclic) bond motifs is 1. The Hall–Kier alpha value is -1.77. The van der Waals surface area contributed by atoms with Crippen LogP contribution in [0.4, 0.5) is 0 Å². The predicted molar refractivity (Wildman–Crippen MR) is 78.0 cm³/mol. The smallest absolute Gasteiger partial charge is 0.337 e. The van der Waals surface area contributed by atoms with Gasteiger partial charge in [0, 0.05) is 17.6 Å². The highest BCUT2D eigenvalue weighted by molar-refractivity contribution is 6.04. The van der Waals surface area contributed by atoms with Gasteiger partial charge >= 0.3 is 5.97 Å². The lowest BCUT2D eigenvalue weighted by Gasteiger charge is -2.09. The highest BCUT2D eigenvalue weighted by Gasteiger charge is 2.18.